The molecule has 36 heavy (non-hydrogen) atoms. The minimum Gasteiger partial charge on any atom is -0.493 e. The zero-order chi connectivity index (χ0) is 25.6. The van der Waals surface area contributed by atoms with Gasteiger partial charge < -0.3 is 32.9 Å². The van der Waals surface area contributed by atoms with Crippen molar-refractivity contribution < 1.29 is 37.5 Å². The highest BCUT2D eigenvalue weighted by Crippen LogP contribution is 2.67. The molecular weight excluding hydrogens is 483 g/mol. The zero-order valence-corrected chi connectivity index (χ0v) is 22.9. The molecule has 9 heteroatoms. The third-order valence-corrected chi connectivity index (χ3v) is 11.3. The van der Waals surface area contributed by atoms with Gasteiger partial charge in [0.15, 0.2) is 17.6 Å². The van der Waals surface area contributed by atoms with Gasteiger partial charge in [-0.3, -0.25) is 4.57 Å². The molecule has 0 bridgehead atoms. The Morgan fingerprint density at radius 1 is 1.11 bits per heavy atom. The van der Waals surface area contributed by atoms with Gasteiger partial charge in [0, 0.05) is 36.8 Å². The Morgan fingerprint density at radius 2 is 1.83 bits per heavy atom. The van der Waals surface area contributed by atoms with Gasteiger partial charge in [-0.25, -0.2) is 0 Å². The Morgan fingerprint density at radius 3 is 2.47 bits per heavy atom. The van der Waals surface area contributed by atoms with Gasteiger partial charge in [0.2, 0.25) is 11.3 Å². The molecule has 0 N–H and O–H groups in total. The minimum atomic E-state index is -3.42. The molecule has 2 heterocycles. The van der Waals surface area contributed by atoms with Crippen LogP contribution in [0.4, 0.5) is 0 Å². The number of rotatable bonds is 11. The summed E-state index contributed by atoms with van der Waals surface area (Å²) in [6.07, 6.45) is 6.47. The molecule has 0 aromatic heterocycles. The highest BCUT2D eigenvalue weighted by molar-refractivity contribution is 7.60. The van der Waals surface area contributed by atoms with Crippen molar-refractivity contribution in [2.24, 2.45) is 5.92 Å². The van der Waals surface area contributed by atoms with E-state index in [0.717, 1.165) is 29.7 Å². The predicted octanol–water partition coefficient (Wildman–Crippen LogP) is 5.33. The molecule has 4 atom stereocenters. The first-order valence-electron chi connectivity index (χ1n) is 13.2. The van der Waals surface area contributed by atoms with Crippen LogP contribution >= 0.6 is 7.37 Å². The van der Waals surface area contributed by atoms with E-state index in [1.807, 2.05) is 26.8 Å². The van der Waals surface area contributed by atoms with Crippen molar-refractivity contribution in [3.05, 3.63) is 29.3 Å². The van der Waals surface area contributed by atoms with Gasteiger partial charge in [-0.05, 0) is 58.1 Å². The largest absolute Gasteiger partial charge is 0.493 e. The summed E-state index contributed by atoms with van der Waals surface area (Å²) in [6, 6.07) is 4.02. The first kappa shape index (κ1) is 26.2. The van der Waals surface area contributed by atoms with Gasteiger partial charge in [0.25, 0.3) is 7.37 Å². The minimum absolute atomic E-state index is 0.169. The van der Waals surface area contributed by atoms with E-state index in [-0.39, 0.29) is 12.1 Å². The Hall–Kier alpha value is -1.41. The van der Waals surface area contributed by atoms with Gasteiger partial charge in [0.1, 0.15) is 0 Å². The molecule has 1 unspecified atom stereocenters. The molecule has 5 rings (SSSR count). The quantitative estimate of drug-likeness (QED) is 0.285. The predicted molar refractivity (Wildman–Crippen MR) is 136 cm³/mol. The highest BCUT2D eigenvalue weighted by atomic mass is 31.2. The summed E-state index contributed by atoms with van der Waals surface area (Å²) < 4.78 is 57.6. The van der Waals surface area contributed by atoms with Gasteiger partial charge in [0.05, 0.1) is 26.9 Å². The fourth-order valence-corrected chi connectivity index (χ4v) is 9.33. The molecule has 1 aromatic carbocycles. The molecule has 1 saturated heterocycles. The standard InChI is InChI=1S/C27H39O8P/c1-6-30-25(4,31-7-2)36(28,34-8-3)18-15-26-20-11-9-19-10-12-21(29-5)23(22(19)26)35-24(26)27(14-13-20)32-16-17-33-27/h9-12,20,24H,6-8,13-18H2,1-5H3/t20-,24-,26+,36?/m1/s1. The molecule has 1 spiro atoms. The SMILES string of the molecule is CCOC(C)(OCC)P(=O)(CC[C@]12c3c4ccc(OC)c3O[C@H]1C1(CC[C@H]2C=C4)OCCO1)OCC. The molecule has 0 amide bonds. The average Bonchev–Trinajstić information content (AvgIpc) is 3.48. The summed E-state index contributed by atoms with van der Waals surface area (Å²) in [7, 11) is -1.77. The van der Waals surface area contributed by atoms with E-state index in [1.165, 1.54) is 0 Å². The van der Waals surface area contributed by atoms with E-state index >= 15 is 0 Å². The van der Waals surface area contributed by atoms with Gasteiger partial charge in [-0.1, -0.05) is 18.2 Å². The molecule has 1 aromatic rings. The molecular formula is C27H39O8P. The number of ether oxygens (including phenoxy) is 6. The zero-order valence-electron chi connectivity index (χ0n) is 22.0. The summed E-state index contributed by atoms with van der Waals surface area (Å²) in [5, 5.41) is 0. The van der Waals surface area contributed by atoms with Crippen LogP contribution in [-0.4, -0.2) is 63.7 Å². The normalized spacial score (nSPS) is 29.1. The van der Waals surface area contributed by atoms with Crippen LogP contribution in [0.15, 0.2) is 18.2 Å². The second-order valence-electron chi connectivity index (χ2n) is 9.94. The maximum atomic E-state index is 14.6. The van der Waals surface area contributed by atoms with Crippen molar-refractivity contribution in [3.63, 3.8) is 0 Å². The van der Waals surface area contributed by atoms with Gasteiger partial charge in [-0.15, -0.1) is 0 Å². The van der Waals surface area contributed by atoms with Crippen molar-refractivity contribution >= 4 is 13.4 Å². The third-order valence-electron chi connectivity index (χ3n) is 8.29. The van der Waals surface area contributed by atoms with E-state index in [1.54, 1.807) is 14.0 Å². The first-order chi connectivity index (χ1) is 17.3. The summed E-state index contributed by atoms with van der Waals surface area (Å²) in [5.74, 6) is 0.744. The lowest BCUT2D eigenvalue weighted by Gasteiger charge is -2.52. The van der Waals surface area contributed by atoms with Crippen LogP contribution in [0.5, 0.6) is 11.5 Å². The summed E-state index contributed by atoms with van der Waals surface area (Å²) in [5.41, 5.74) is 0.335. The molecule has 2 aliphatic heterocycles. The summed E-state index contributed by atoms with van der Waals surface area (Å²) >= 11 is 0. The highest BCUT2D eigenvalue weighted by Gasteiger charge is 2.68. The lowest BCUT2D eigenvalue weighted by Crippen LogP contribution is -2.62. The number of hydrogen-bond acceptors (Lipinski definition) is 8. The number of fused-ring (bicyclic) bond motifs is 1. The Kier molecular flexibility index (Phi) is 7.07. The van der Waals surface area contributed by atoms with Crippen LogP contribution in [-0.2, 0) is 33.5 Å². The molecule has 8 nitrogen and oxygen atoms in total. The first-order valence-corrected chi connectivity index (χ1v) is 15.0. The second-order valence-corrected chi connectivity index (χ2v) is 12.8. The molecule has 2 fully saturated rings. The fraction of sp³-hybridized carbons (Fsp3) is 0.704. The smallest absolute Gasteiger partial charge is 0.260 e. The van der Waals surface area contributed by atoms with Crippen LogP contribution in [0, 0.1) is 5.92 Å². The van der Waals surface area contributed by atoms with Crippen molar-refractivity contribution in [1.82, 2.24) is 0 Å². The Bertz CT molecular complexity index is 1040. The Balaban J connectivity index is 1.62. The molecule has 2 aliphatic carbocycles. The molecule has 200 valence electrons. The lowest BCUT2D eigenvalue weighted by atomic mass is 9.56. The second kappa shape index (κ2) is 9.72. The third kappa shape index (κ3) is 3.71. The monoisotopic (exact) mass is 522 g/mol. The van der Waals surface area contributed by atoms with Crippen molar-refractivity contribution in [1.29, 1.82) is 0 Å². The van der Waals surface area contributed by atoms with Crippen molar-refractivity contribution in [2.45, 2.75) is 69.8 Å². The topological polar surface area (TPSA) is 81.7 Å². The van der Waals surface area contributed by atoms with E-state index in [4.69, 9.17) is 32.9 Å². The van der Waals surface area contributed by atoms with Crippen LogP contribution < -0.4 is 9.47 Å². The maximum absolute atomic E-state index is 14.6. The lowest BCUT2D eigenvalue weighted by molar-refractivity contribution is -0.248. The van der Waals surface area contributed by atoms with E-state index in [2.05, 4.69) is 18.2 Å². The molecule has 0 radical (unpaired) electrons. The summed E-state index contributed by atoms with van der Waals surface area (Å²) in [4.78, 5) is 0. The van der Waals surface area contributed by atoms with Crippen LogP contribution in [0.3, 0.4) is 0 Å². The van der Waals surface area contributed by atoms with Crippen LogP contribution in [0.2, 0.25) is 0 Å². The van der Waals surface area contributed by atoms with Gasteiger partial charge in [-0.2, -0.15) is 0 Å². The average molecular weight is 523 g/mol. The van der Waals surface area contributed by atoms with E-state index in [0.29, 0.717) is 45.2 Å². The number of allylic oxidation sites excluding steroid dienone is 1. The van der Waals surface area contributed by atoms with Gasteiger partial charge >= 0.3 is 0 Å². The number of methoxy groups -OCH3 is 1. The van der Waals surface area contributed by atoms with Crippen molar-refractivity contribution in [3.8, 4) is 11.5 Å². The molecule has 1 saturated carbocycles. The van der Waals surface area contributed by atoms with Crippen molar-refractivity contribution in [2.75, 3.05) is 46.3 Å². The summed E-state index contributed by atoms with van der Waals surface area (Å²) in [6.45, 7) is 9.44. The number of hydrogen-bond donors (Lipinski definition) is 0. The Labute approximate surface area is 214 Å². The van der Waals surface area contributed by atoms with E-state index in [9.17, 15) is 4.57 Å². The maximum Gasteiger partial charge on any atom is 0.260 e. The molecule has 4 aliphatic rings. The van der Waals surface area contributed by atoms with Crippen LogP contribution in [0.25, 0.3) is 6.08 Å². The fourth-order valence-electron chi connectivity index (χ4n) is 6.83. The van der Waals surface area contributed by atoms with Crippen LogP contribution in [0.1, 0.15) is 58.1 Å². The van der Waals surface area contributed by atoms with E-state index < -0.39 is 30.2 Å². The number of benzene rings is 1.